The molecular weight excluding hydrogens is 497 g/mol. The fourth-order valence-electron chi connectivity index (χ4n) is 3.09. The third-order valence-electron chi connectivity index (χ3n) is 5.07. The molecular formula is C23H25F3N6O3S. The largest absolute Gasteiger partial charge is 0.405 e. The second-order valence-electron chi connectivity index (χ2n) is 8.62. The topological polar surface area (TPSA) is 134 Å². The minimum atomic E-state index is -4.50. The summed E-state index contributed by atoms with van der Waals surface area (Å²) in [6.45, 7) is 3.45. The molecule has 0 aliphatic rings. The maximum absolute atomic E-state index is 13.0. The Morgan fingerprint density at radius 3 is 2.31 bits per heavy atom. The SMILES string of the molecule is C[C@H](c1ccc(S(N)(=O)=O)cc1)N(C)c1nc(NCC(F)(F)F)c2nc(C#CC(C)(C)O)ccc2n1. The first-order valence-electron chi connectivity index (χ1n) is 10.6. The van der Waals surface area contributed by atoms with E-state index in [0.29, 0.717) is 5.56 Å². The number of pyridine rings is 1. The van der Waals surface area contributed by atoms with Crippen LogP contribution in [0.15, 0.2) is 41.3 Å². The molecule has 0 spiro atoms. The zero-order valence-electron chi connectivity index (χ0n) is 19.9. The Morgan fingerprint density at radius 1 is 1.11 bits per heavy atom. The van der Waals surface area contributed by atoms with E-state index in [-0.39, 0.29) is 39.4 Å². The van der Waals surface area contributed by atoms with Gasteiger partial charge in [0.1, 0.15) is 23.4 Å². The number of fused-ring (bicyclic) bond motifs is 1. The van der Waals surface area contributed by atoms with E-state index in [4.69, 9.17) is 5.14 Å². The Hall–Kier alpha value is -3.47. The molecule has 192 valence electrons. The zero-order valence-corrected chi connectivity index (χ0v) is 20.7. The van der Waals surface area contributed by atoms with E-state index in [1.165, 1.54) is 26.0 Å². The molecule has 0 aliphatic carbocycles. The molecule has 9 nitrogen and oxygen atoms in total. The molecule has 36 heavy (non-hydrogen) atoms. The highest BCUT2D eigenvalue weighted by atomic mass is 32.2. The van der Waals surface area contributed by atoms with Gasteiger partial charge in [-0.15, -0.1) is 0 Å². The van der Waals surface area contributed by atoms with Crippen molar-refractivity contribution in [1.82, 2.24) is 15.0 Å². The average molecular weight is 523 g/mol. The molecule has 0 bridgehead atoms. The van der Waals surface area contributed by atoms with E-state index in [0.717, 1.165) is 0 Å². The Labute approximate surface area is 206 Å². The Kier molecular flexibility index (Phi) is 7.45. The lowest BCUT2D eigenvalue weighted by Crippen LogP contribution is -2.26. The molecule has 1 aromatic carbocycles. The van der Waals surface area contributed by atoms with Gasteiger partial charge in [-0.1, -0.05) is 18.1 Å². The molecule has 0 aliphatic heterocycles. The number of rotatable bonds is 6. The lowest BCUT2D eigenvalue weighted by molar-refractivity contribution is -0.115. The fourth-order valence-corrected chi connectivity index (χ4v) is 3.60. The summed E-state index contributed by atoms with van der Waals surface area (Å²) in [4.78, 5) is 14.6. The van der Waals surface area contributed by atoms with Crippen LogP contribution in [0.5, 0.6) is 0 Å². The second kappa shape index (κ2) is 9.88. The number of nitrogens with one attached hydrogen (secondary N) is 1. The molecule has 0 radical (unpaired) electrons. The van der Waals surface area contributed by atoms with E-state index in [9.17, 15) is 26.7 Å². The first-order chi connectivity index (χ1) is 16.5. The number of alkyl halides is 3. The number of benzene rings is 1. The van der Waals surface area contributed by atoms with Gasteiger partial charge in [-0.25, -0.2) is 23.5 Å². The Balaban J connectivity index is 2.03. The van der Waals surface area contributed by atoms with E-state index in [1.807, 2.05) is 0 Å². The van der Waals surface area contributed by atoms with Gasteiger partial charge in [0.25, 0.3) is 0 Å². The summed E-state index contributed by atoms with van der Waals surface area (Å²) >= 11 is 0. The number of nitrogens with zero attached hydrogens (tertiary/aromatic N) is 4. The molecule has 3 rings (SSSR count). The fraction of sp³-hybridized carbons (Fsp3) is 0.348. The number of aromatic nitrogens is 3. The van der Waals surface area contributed by atoms with Gasteiger partial charge in [0.2, 0.25) is 16.0 Å². The molecule has 2 aromatic heterocycles. The van der Waals surface area contributed by atoms with Gasteiger partial charge in [0, 0.05) is 7.05 Å². The number of hydrogen-bond donors (Lipinski definition) is 3. The van der Waals surface area contributed by atoms with Crippen LogP contribution in [0, 0.1) is 11.8 Å². The summed E-state index contributed by atoms with van der Waals surface area (Å²) in [6.07, 6.45) is -4.50. The minimum absolute atomic E-state index is 0.0451. The predicted molar refractivity (Wildman–Crippen MR) is 130 cm³/mol. The van der Waals surface area contributed by atoms with Crippen molar-refractivity contribution in [3.63, 3.8) is 0 Å². The van der Waals surface area contributed by atoms with Crippen LogP contribution in [0.4, 0.5) is 24.9 Å². The molecule has 0 saturated carbocycles. The summed E-state index contributed by atoms with van der Waals surface area (Å²) in [5.74, 6) is 5.27. The molecule has 3 aromatic rings. The van der Waals surface area contributed by atoms with Gasteiger partial charge in [-0.3, -0.25) is 0 Å². The van der Waals surface area contributed by atoms with Crippen molar-refractivity contribution < 1.29 is 26.7 Å². The lowest BCUT2D eigenvalue weighted by Gasteiger charge is -2.26. The van der Waals surface area contributed by atoms with Gasteiger partial charge in [0.15, 0.2) is 5.82 Å². The van der Waals surface area contributed by atoms with Crippen LogP contribution in [0.1, 0.15) is 38.1 Å². The molecule has 1 atom stereocenters. The molecule has 4 N–H and O–H groups in total. The molecule has 0 saturated heterocycles. The van der Waals surface area contributed by atoms with E-state index >= 15 is 0 Å². The maximum Gasteiger partial charge on any atom is 0.405 e. The van der Waals surface area contributed by atoms with Gasteiger partial charge in [-0.2, -0.15) is 18.2 Å². The van der Waals surface area contributed by atoms with E-state index in [1.54, 1.807) is 43.1 Å². The number of primary sulfonamides is 1. The number of sulfonamides is 1. The summed E-state index contributed by atoms with van der Waals surface area (Å²) in [5, 5.41) is 17.2. The van der Waals surface area contributed by atoms with E-state index in [2.05, 4.69) is 32.1 Å². The van der Waals surface area contributed by atoms with Crippen molar-refractivity contribution in [2.24, 2.45) is 5.14 Å². The van der Waals surface area contributed by atoms with Gasteiger partial charge >= 0.3 is 6.18 Å². The highest BCUT2D eigenvalue weighted by molar-refractivity contribution is 7.89. The number of aliphatic hydroxyl groups is 1. The highest BCUT2D eigenvalue weighted by Crippen LogP contribution is 2.28. The first kappa shape index (κ1) is 27.1. The highest BCUT2D eigenvalue weighted by Gasteiger charge is 2.28. The summed E-state index contributed by atoms with van der Waals surface area (Å²) in [5.41, 5.74) is 0.0207. The second-order valence-corrected chi connectivity index (χ2v) is 10.2. The van der Waals surface area contributed by atoms with Gasteiger partial charge in [-0.05, 0) is 56.5 Å². The number of hydrogen-bond acceptors (Lipinski definition) is 8. The third-order valence-corrected chi connectivity index (χ3v) is 6.00. The van der Waals surface area contributed by atoms with Crippen LogP contribution in [-0.4, -0.2) is 53.8 Å². The van der Waals surface area contributed by atoms with Gasteiger partial charge in [0.05, 0.1) is 16.5 Å². The zero-order chi connectivity index (χ0) is 26.9. The van der Waals surface area contributed by atoms with Crippen LogP contribution < -0.4 is 15.4 Å². The molecule has 0 fully saturated rings. The third kappa shape index (κ3) is 7.03. The van der Waals surface area contributed by atoms with Crippen molar-refractivity contribution in [3.05, 3.63) is 47.7 Å². The molecule has 2 heterocycles. The first-order valence-corrected chi connectivity index (χ1v) is 12.2. The van der Waals surface area contributed by atoms with Crippen LogP contribution in [0.2, 0.25) is 0 Å². The molecule has 13 heteroatoms. The van der Waals surface area contributed by atoms with Crippen LogP contribution in [-0.2, 0) is 10.0 Å². The normalized spacial score (nSPS) is 13.1. The standard InChI is InChI=1S/C23H25F3N6O3S/c1-14(15-5-8-17(9-6-15)36(27,34)35)32(4)21-30-18-10-7-16(11-12-22(2,3)33)29-19(18)20(31-21)28-13-23(24,25)26/h5-10,14,33H,13H2,1-4H3,(H2,27,34,35)(H,28,30,31)/t14-/m1/s1. The van der Waals surface area contributed by atoms with Crippen molar-refractivity contribution >= 4 is 32.8 Å². The quantitative estimate of drug-likeness (QED) is 0.421. The number of nitrogens with two attached hydrogens (primary N) is 1. The van der Waals surface area contributed by atoms with Crippen LogP contribution >= 0.6 is 0 Å². The Morgan fingerprint density at radius 2 is 1.75 bits per heavy atom. The van der Waals surface area contributed by atoms with Crippen molar-refractivity contribution in [2.75, 3.05) is 23.8 Å². The molecule has 0 amide bonds. The van der Waals surface area contributed by atoms with Gasteiger partial charge < -0.3 is 15.3 Å². The summed E-state index contributed by atoms with van der Waals surface area (Å²) in [7, 11) is -2.19. The number of halogens is 3. The van der Waals surface area contributed by atoms with E-state index < -0.39 is 28.3 Å². The average Bonchev–Trinajstić information content (AvgIpc) is 2.78. The summed E-state index contributed by atoms with van der Waals surface area (Å²) < 4.78 is 61.9. The lowest BCUT2D eigenvalue weighted by atomic mass is 10.1. The monoisotopic (exact) mass is 522 g/mol. The smallest absolute Gasteiger partial charge is 0.378 e. The Bertz CT molecular complexity index is 1430. The van der Waals surface area contributed by atoms with Crippen LogP contribution in [0.25, 0.3) is 11.0 Å². The van der Waals surface area contributed by atoms with Crippen molar-refractivity contribution in [3.8, 4) is 11.8 Å². The maximum atomic E-state index is 13.0. The molecule has 0 unspecified atom stereocenters. The summed E-state index contributed by atoms with van der Waals surface area (Å²) in [6, 6.07) is 8.62. The minimum Gasteiger partial charge on any atom is -0.378 e. The van der Waals surface area contributed by atoms with Crippen molar-refractivity contribution in [2.45, 2.75) is 43.5 Å². The number of anilines is 2. The predicted octanol–water partition coefficient (Wildman–Crippen LogP) is 2.97. The van der Waals surface area contributed by atoms with Crippen LogP contribution in [0.3, 0.4) is 0 Å². The van der Waals surface area contributed by atoms with Crippen molar-refractivity contribution in [1.29, 1.82) is 0 Å².